The van der Waals surface area contributed by atoms with Crippen molar-refractivity contribution in [2.45, 2.75) is 0 Å². The maximum atomic E-state index is 11.1. The fourth-order valence-corrected chi connectivity index (χ4v) is 1.87. The van der Waals surface area contributed by atoms with Crippen molar-refractivity contribution in [3.8, 4) is 5.75 Å². The lowest BCUT2D eigenvalue weighted by Crippen LogP contribution is -2.35. The number of benzene rings is 1. The zero-order valence-corrected chi connectivity index (χ0v) is 12.7. The molecule has 0 atom stereocenters. The predicted octanol–water partition coefficient (Wildman–Crippen LogP) is 0.653. The van der Waals surface area contributed by atoms with Gasteiger partial charge in [0.25, 0.3) is 0 Å². The Morgan fingerprint density at radius 2 is 1.86 bits per heavy atom. The van der Waals surface area contributed by atoms with E-state index in [2.05, 4.69) is 10.4 Å². The Kier molecular flexibility index (Phi) is 6.61. The Bertz CT molecular complexity index is 610. The molecule has 0 unspecified atom stereocenters. The van der Waals surface area contributed by atoms with Crippen LogP contribution in [0, 0.1) is 0 Å². The molecule has 1 aromatic rings. The Morgan fingerprint density at radius 3 is 2.36 bits per heavy atom. The first kappa shape index (κ1) is 17.7. The number of ether oxygens (including phenoxy) is 1. The lowest BCUT2D eigenvalue weighted by Gasteiger charge is -2.08. The summed E-state index contributed by atoms with van der Waals surface area (Å²) in [5.74, 6) is -2.92. The normalized spacial score (nSPS) is 10.3. The number of carbonyl (C=O) groups is 3. The molecular formula is C12H11Cl2N3O5. The first-order valence-electron chi connectivity index (χ1n) is 5.74. The molecule has 1 aromatic carbocycles. The second-order valence-electron chi connectivity index (χ2n) is 3.77. The number of aliphatic carboxylic acids is 1. The zero-order chi connectivity index (χ0) is 16.7. The largest absolute Gasteiger partial charge is 0.479 e. The summed E-state index contributed by atoms with van der Waals surface area (Å²) in [5.41, 5.74) is 2.41. The van der Waals surface area contributed by atoms with Gasteiger partial charge in [-0.25, -0.2) is 10.2 Å². The SMILES string of the molecule is CNC(=O)C(=O)N/N=C\c1cc(Cl)c(OCC(=O)O)c(Cl)c1. The van der Waals surface area contributed by atoms with E-state index in [4.69, 9.17) is 33.0 Å². The Labute approximate surface area is 135 Å². The highest BCUT2D eigenvalue weighted by molar-refractivity contribution is 6.37. The Hall–Kier alpha value is -2.32. The fourth-order valence-electron chi connectivity index (χ4n) is 1.26. The van der Waals surface area contributed by atoms with E-state index in [9.17, 15) is 14.4 Å². The van der Waals surface area contributed by atoms with Crippen LogP contribution in [0.2, 0.25) is 10.0 Å². The number of nitrogens with one attached hydrogen (secondary N) is 2. The number of likely N-dealkylation sites (N-methyl/N-ethyl adjacent to an activating group) is 1. The van der Waals surface area contributed by atoms with Gasteiger partial charge in [-0.15, -0.1) is 0 Å². The molecule has 3 N–H and O–H groups in total. The molecule has 0 fully saturated rings. The second-order valence-corrected chi connectivity index (χ2v) is 4.59. The number of hydrogen-bond donors (Lipinski definition) is 3. The quantitative estimate of drug-likeness (QED) is 0.410. The topological polar surface area (TPSA) is 117 Å². The van der Waals surface area contributed by atoms with Crippen molar-refractivity contribution >= 4 is 47.2 Å². The number of nitrogens with zero attached hydrogens (tertiary/aromatic N) is 1. The molecule has 1 rings (SSSR count). The van der Waals surface area contributed by atoms with E-state index in [1.807, 2.05) is 5.43 Å². The number of carboxylic acids is 1. The average Bonchev–Trinajstić information content (AvgIpc) is 2.45. The van der Waals surface area contributed by atoms with Crippen molar-refractivity contribution in [1.82, 2.24) is 10.7 Å². The molecule has 0 saturated carbocycles. The van der Waals surface area contributed by atoms with E-state index in [1.54, 1.807) is 0 Å². The molecule has 0 aliphatic heterocycles. The van der Waals surface area contributed by atoms with Gasteiger partial charge in [-0.05, 0) is 17.7 Å². The van der Waals surface area contributed by atoms with E-state index >= 15 is 0 Å². The van der Waals surface area contributed by atoms with E-state index in [0.29, 0.717) is 5.56 Å². The first-order valence-corrected chi connectivity index (χ1v) is 6.49. The molecule has 0 aromatic heterocycles. The average molecular weight is 348 g/mol. The number of rotatable bonds is 5. The molecule has 0 radical (unpaired) electrons. The van der Waals surface area contributed by atoms with Crippen LogP contribution in [0.4, 0.5) is 0 Å². The third-order valence-electron chi connectivity index (χ3n) is 2.17. The fraction of sp³-hybridized carbons (Fsp3) is 0.167. The zero-order valence-electron chi connectivity index (χ0n) is 11.2. The number of amides is 2. The summed E-state index contributed by atoms with van der Waals surface area (Å²) < 4.78 is 4.94. The van der Waals surface area contributed by atoms with E-state index in [-0.39, 0.29) is 15.8 Å². The molecule has 0 heterocycles. The molecule has 2 amide bonds. The summed E-state index contributed by atoms with van der Waals surface area (Å²) in [5, 5.41) is 14.4. The minimum Gasteiger partial charge on any atom is -0.479 e. The summed E-state index contributed by atoms with van der Waals surface area (Å²) in [6.07, 6.45) is 1.21. The number of halogens is 2. The first-order chi connectivity index (χ1) is 10.3. The monoisotopic (exact) mass is 347 g/mol. The highest BCUT2D eigenvalue weighted by Gasteiger charge is 2.11. The van der Waals surface area contributed by atoms with Gasteiger partial charge in [0.05, 0.1) is 16.3 Å². The molecule has 10 heteroatoms. The van der Waals surface area contributed by atoms with E-state index in [0.717, 1.165) is 0 Å². The van der Waals surface area contributed by atoms with Crippen LogP contribution in [0.1, 0.15) is 5.56 Å². The maximum Gasteiger partial charge on any atom is 0.341 e. The highest BCUT2D eigenvalue weighted by atomic mass is 35.5. The number of hydrazone groups is 1. The third-order valence-corrected chi connectivity index (χ3v) is 2.74. The van der Waals surface area contributed by atoms with Crippen molar-refractivity contribution in [2.75, 3.05) is 13.7 Å². The molecule has 0 aliphatic rings. The third kappa shape index (κ3) is 5.23. The molecule has 0 spiro atoms. The lowest BCUT2D eigenvalue weighted by atomic mass is 10.2. The van der Waals surface area contributed by atoms with Crippen molar-refractivity contribution in [1.29, 1.82) is 0 Å². The van der Waals surface area contributed by atoms with Crippen LogP contribution in [-0.4, -0.2) is 42.8 Å². The number of carbonyl (C=O) groups excluding carboxylic acids is 2. The van der Waals surface area contributed by atoms with Gasteiger partial charge >= 0.3 is 17.8 Å². The van der Waals surface area contributed by atoms with E-state index < -0.39 is 24.4 Å². The van der Waals surface area contributed by atoms with Crippen LogP contribution in [-0.2, 0) is 14.4 Å². The highest BCUT2D eigenvalue weighted by Crippen LogP contribution is 2.33. The summed E-state index contributed by atoms with van der Waals surface area (Å²) >= 11 is 11.8. The standard InChI is InChI=1S/C12H11Cl2N3O5/c1-15-11(20)12(21)17-16-4-6-2-7(13)10(8(14)3-6)22-5-9(18)19/h2-4H,5H2,1H3,(H,15,20)(H,17,21)(H,18,19)/b16-4-. The second kappa shape index (κ2) is 8.20. The van der Waals surface area contributed by atoms with Crippen LogP contribution < -0.4 is 15.5 Å². The Balaban J connectivity index is 2.79. The Morgan fingerprint density at radius 1 is 1.27 bits per heavy atom. The van der Waals surface area contributed by atoms with Crippen LogP contribution >= 0.6 is 23.2 Å². The van der Waals surface area contributed by atoms with Crippen molar-refractivity contribution in [2.24, 2.45) is 5.10 Å². The van der Waals surface area contributed by atoms with Crippen LogP contribution in [0.25, 0.3) is 0 Å². The van der Waals surface area contributed by atoms with Gasteiger partial charge in [-0.3, -0.25) is 9.59 Å². The van der Waals surface area contributed by atoms with Gasteiger partial charge < -0.3 is 15.2 Å². The summed E-state index contributed by atoms with van der Waals surface area (Å²) in [6, 6.07) is 2.81. The van der Waals surface area contributed by atoms with Gasteiger partial charge in [-0.1, -0.05) is 23.2 Å². The molecule has 0 aliphatic carbocycles. The van der Waals surface area contributed by atoms with Crippen molar-refractivity contribution in [3.05, 3.63) is 27.7 Å². The van der Waals surface area contributed by atoms with Gasteiger partial charge in [0.15, 0.2) is 12.4 Å². The lowest BCUT2D eigenvalue weighted by molar-refractivity contribution is -0.139. The number of hydrogen-bond acceptors (Lipinski definition) is 5. The predicted molar refractivity (Wildman–Crippen MR) is 79.4 cm³/mol. The van der Waals surface area contributed by atoms with Gasteiger partial charge in [0.2, 0.25) is 0 Å². The van der Waals surface area contributed by atoms with Crippen molar-refractivity contribution < 1.29 is 24.2 Å². The molecule has 0 bridgehead atoms. The minimum absolute atomic E-state index is 0.0253. The summed E-state index contributed by atoms with van der Waals surface area (Å²) in [4.78, 5) is 32.5. The molecule has 8 nitrogen and oxygen atoms in total. The maximum absolute atomic E-state index is 11.1. The summed E-state index contributed by atoms with van der Waals surface area (Å²) in [6.45, 7) is -0.588. The molecule has 118 valence electrons. The smallest absolute Gasteiger partial charge is 0.341 e. The van der Waals surface area contributed by atoms with Crippen molar-refractivity contribution in [3.63, 3.8) is 0 Å². The van der Waals surface area contributed by atoms with Crippen LogP contribution in [0.15, 0.2) is 17.2 Å². The molecule has 22 heavy (non-hydrogen) atoms. The van der Waals surface area contributed by atoms with Gasteiger partial charge in [0.1, 0.15) is 0 Å². The molecule has 0 saturated heterocycles. The minimum atomic E-state index is -1.17. The molecular weight excluding hydrogens is 337 g/mol. The van der Waals surface area contributed by atoms with Gasteiger partial charge in [-0.2, -0.15) is 5.10 Å². The van der Waals surface area contributed by atoms with Gasteiger partial charge in [0, 0.05) is 7.05 Å². The summed E-state index contributed by atoms with van der Waals surface area (Å²) in [7, 11) is 1.31. The van der Waals surface area contributed by atoms with Crippen LogP contribution in [0.3, 0.4) is 0 Å². The van der Waals surface area contributed by atoms with Crippen LogP contribution in [0.5, 0.6) is 5.75 Å². The number of carboxylic acid groups (broad SMARTS) is 1. The van der Waals surface area contributed by atoms with E-state index in [1.165, 1.54) is 25.4 Å².